The number of aliphatic hydroxyl groups is 1. The highest BCUT2D eigenvalue weighted by Crippen LogP contribution is 2.60. The van der Waals surface area contributed by atoms with Crippen molar-refractivity contribution >= 4 is 33.7 Å². The van der Waals surface area contributed by atoms with E-state index in [4.69, 9.17) is 4.74 Å². The molecule has 8 nitrogen and oxygen atoms in total. The summed E-state index contributed by atoms with van der Waals surface area (Å²) in [5.74, 6) is -2.15. The number of aliphatic hydroxyl groups excluding tert-OH is 1. The third-order valence-corrected chi connectivity index (χ3v) is 7.52. The van der Waals surface area contributed by atoms with Crippen LogP contribution in [0.25, 0.3) is 0 Å². The van der Waals surface area contributed by atoms with E-state index in [-0.39, 0.29) is 29.2 Å². The fraction of sp³-hybridized carbons (Fsp3) is 0.850. The van der Waals surface area contributed by atoms with Gasteiger partial charge >= 0.3 is 0 Å². The second kappa shape index (κ2) is 8.89. The molecule has 3 aliphatic rings. The van der Waals surface area contributed by atoms with E-state index in [2.05, 4.69) is 33.5 Å². The Hall–Kier alpha value is -1.19. The van der Waals surface area contributed by atoms with Gasteiger partial charge in [0.05, 0.1) is 30.6 Å². The second-order valence-corrected chi connectivity index (χ2v) is 9.44. The molecule has 0 saturated carbocycles. The number of carbonyl (C=O) groups excluding carboxylic acids is 3. The van der Waals surface area contributed by atoms with Crippen LogP contribution in [0.5, 0.6) is 0 Å². The molecular formula is C20H32BrN3O5. The van der Waals surface area contributed by atoms with E-state index >= 15 is 0 Å². The summed E-state index contributed by atoms with van der Waals surface area (Å²) < 4.78 is 6.32. The van der Waals surface area contributed by atoms with Gasteiger partial charge in [-0.2, -0.15) is 0 Å². The zero-order chi connectivity index (χ0) is 21.3. The van der Waals surface area contributed by atoms with Gasteiger partial charge in [0.15, 0.2) is 0 Å². The normalized spacial score (nSPS) is 36.2. The van der Waals surface area contributed by atoms with Crippen LogP contribution in [0.2, 0.25) is 0 Å². The lowest BCUT2D eigenvalue weighted by Crippen LogP contribution is -2.58. The molecule has 0 radical (unpaired) electrons. The number of nitrogens with one attached hydrogen (secondary N) is 2. The van der Waals surface area contributed by atoms with Crippen molar-refractivity contribution in [2.75, 3.05) is 20.2 Å². The van der Waals surface area contributed by atoms with Crippen LogP contribution in [-0.2, 0) is 19.1 Å². The van der Waals surface area contributed by atoms with E-state index in [1.807, 2.05) is 6.92 Å². The van der Waals surface area contributed by atoms with Gasteiger partial charge in [0.25, 0.3) is 0 Å². The van der Waals surface area contributed by atoms with Crippen LogP contribution >= 0.6 is 15.9 Å². The minimum Gasteiger partial charge on any atom is -0.394 e. The maximum absolute atomic E-state index is 13.5. The Morgan fingerprint density at radius 3 is 2.66 bits per heavy atom. The Morgan fingerprint density at radius 2 is 2.07 bits per heavy atom. The van der Waals surface area contributed by atoms with Gasteiger partial charge in [-0.1, -0.05) is 42.6 Å². The van der Waals surface area contributed by atoms with E-state index in [1.54, 1.807) is 7.05 Å². The number of carbonyl (C=O) groups is 3. The van der Waals surface area contributed by atoms with Crippen LogP contribution in [0.4, 0.5) is 0 Å². The molecule has 3 saturated heterocycles. The van der Waals surface area contributed by atoms with Gasteiger partial charge in [0.1, 0.15) is 11.6 Å². The van der Waals surface area contributed by atoms with Crippen molar-refractivity contribution in [3.05, 3.63) is 0 Å². The number of ether oxygens (including phenoxy) is 1. The summed E-state index contributed by atoms with van der Waals surface area (Å²) in [5, 5.41) is 15.5. The number of rotatable bonds is 9. The zero-order valence-corrected chi connectivity index (χ0v) is 18.9. The molecule has 3 heterocycles. The highest BCUT2D eigenvalue weighted by molar-refractivity contribution is 9.09. The Morgan fingerprint density at radius 1 is 1.34 bits per heavy atom. The molecule has 0 aliphatic carbocycles. The molecule has 2 bridgehead atoms. The molecule has 0 aromatic heterocycles. The van der Waals surface area contributed by atoms with Crippen molar-refractivity contribution in [1.82, 2.24) is 15.5 Å². The third kappa shape index (κ3) is 3.49. The van der Waals surface area contributed by atoms with Crippen molar-refractivity contribution in [3.8, 4) is 0 Å². The molecule has 3 unspecified atom stereocenters. The quantitative estimate of drug-likeness (QED) is 0.334. The Labute approximate surface area is 180 Å². The number of halogens is 1. The van der Waals surface area contributed by atoms with Crippen LogP contribution < -0.4 is 10.6 Å². The number of hydrogen-bond acceptors (Lipinski definition) is 5. The fourth-order valence-electron chi connectivity index (χ4n) is 5.32. The molecule has 3 aliphatic heterocycles. The lowest BCUT2D eigenvalue weighted by molar-refractivity contribution is -0.145. The molecule has 7 atom stereocenters. The average molecular weight is 474 g/mol. The predicted octanol–water partition coefficient (Wildman–Crippen LogP) is 0.558. The summed E-state index contributed by atoms with van der Waals surface area (Å²) in [7, 11) is 1.54. The highest BCUT2D eigenvalue weighted by atomic mass is 79.9. The number of nitrogens with zero attached hydrogens (tertiary/aromatic N) is 1. The topological polar surface area (TPSA) is 108 Å². The summed E-state index contributed by atoms with van der Waals surface area (Å²) in [6.45, 7) is 4.26. The van der Waals surface area contributed by atoms with Gasteiger partial charge in [-0.3, -0.25) is 14.4 Å². The van der Waals surface area contributed by atoms with Crippen LogP contribution in [0, 0.1) is 11.8 Å². The Bertz CT molecular complexity index is 658. The lowest BCUT2D eigenvalue weighted by atomic mass is 9.70. The number of unbranched alkanes of at least 4 members (excludes halogenated alkanes) is 2. The maximum atomic E-state index is 13.5. The molecule has 164 valence electrons. The number of amides is 3. The first-order valence-electron chi connectivity index (χ1n) is 10.6. The average Bonchev–Trinajstić information content (AvgIpc) is 3.30. The largest absolute Gasteiger partial charge is 0.394 e. The molecule has 1 spiro atoms. The van der Waals surface area contributed by atoms with E-state index in [0.717, 1.165) is 19.3 Å². The molecule has 0 aromatic carbocycles. The molecular weight excluding hydrogens is 442 g/mol. The third-order valence-electron chi connectivity index (χ3n) is 6.68. The van der Waals surface area contributed by atoms with Gasteiger partial charge in [0.2, 0.25) is 17.7 Å². The maximum Gasteiger partial charge on any atom is 0.245 e. The number of likely N-dealkylation sites (tertiary alicyclic amines) is 1. The molecule has 3 fully saturated rings. The van der Waals surface area contributed by atoms with Crippen LogP contribution in [0.3, 0.4) is 0 Å². The van der Waals surface area contributed by atoms with Crippen LogP contribution in [0.15, 0.2) is 0 Å². The highest BCUT2D eigenvalue weighted by Gasteiger charge is 2.76. The summed E-state index contributed by atoms with van der Waals surface area (Å²) in [4.78, 5) is 40.8. The van der Waals surface area contributed by atoms with E-state index in [1.165, 1.54) is 4.90 Å². The van der Waals surface area contributed by atoms with Crippen molar-refractivity contribution in [3.63, 3.8) is 0 Å². The summed E-state index contributed by atoms with van der Waals surface area (Å²) in [6, 6.07) is -1.34. The van der Waals surface area contributed by atoms with Gasteiger partial charge < -0.3 is 25.4 Å². The van der Waals surface area contributed by atoms with Gasteiger partial charge in [-0.15, -0.1) is 0 Å². The number of hydrogen-bond donors (Lipinski definition) is 3. The fourth-order valence-corrected chi connectivity index (χ4v) is 6.27. The monoisotopic (exact) mass is 473 g/mol. The van der Waals surface area contributed by atoms with Gasteiger partial charge in [0, 0.05) is 18.4 Å². The molecule has 29 heavy (non-hydrogen) atoms. The standard InChI is InChI=1S/C20H32BrN3O5/c1-4-6-7-8-23-18(27)16-20-9-12(21)15(29-20)13(17(26)22-3)14(20)19(28)24(16)11(5-2)10-25/h11-16,25H,4-10H2,1-3H3,(H,22,26)(H,23,27)/t11-,12?,13+,14-,15+,16?,20?/m0/s1. The Balaban J connectivity index is 1.97. The van der Waals surface area contributed by atoms with Crippen molar-refractivity contribution < 1.29 is 24.2 Å². The number of alkyl halides is 1. The van der Waals surface area contributed by atoms with Crippen molar-refractivity contribution in [2.24, 2.45) is 11.8 Å². The van der Waals surface area contributed by atoms with Gasteiger partial charge in [-0.25, -0.2) is 0 Å². The first kappa shape index (κ1) is 22.5. The zero-order valence-electron chi connectivity index (χ0n) is 17.3. The molecule has 3 amide bonds. The lowest BCUT2D eigenvalue weighted by Gasteiger charge is -2.36. The summed E-state index contributed by atoms with van der Waals surface area (Å²) >= 11 is 3.61. The van der Waals surface area contributed by atoms with Gasteiger partial charge in [-0.05, 0) is 19.3 Å². The second-order valence-electron chi connectivity index (χ2n) is 8.27. The molecule has 3 N–H and O–H groups in total. The number of fused-ring (bicyclic) bond motifs is 1. The van der Waals surface area contributed by atoms with Crippen molar-refractivity contribution in [2.45, 2.75) is 74.6 Å². The first-order chi connectivity index (χ1) is 13.9. The van der Waals surface area contributed by atoms with Crippen LogP contribution in [-0.4, -0.2) is 76.5 Å². The minimum absolute atomic E-state index is 0.113. The van der Waals surface area contributed by atoms with Crippen molar-refractivity contribution in [1.29, 1.82) is 0 Å². The smallest absolute Gasteiger partial charge is 0.245 e. The predicted molar refractivity (Wildman–Crippen MR) is 110 cm³/mol. The minimum atomic E-state index is -1.05. The Kier molecular flexibility index (Phi) is 6.90. The van der Waals surface area contributed by atoms with E-state index < -0.39 is 35.6 Å². The summed E-state index contributed by atoms with van der Waals surface area (Å²) in [5.41, 5.74) is -1.05. The summed E-state index contributed by atoms with van der Waals surface area (Å²) in [6.07, 6.45) is 3.46. The van der Waals surface area contributed by atoms with E-state index in [0.29, 0.717) is 19.4 Å². The molecule has 0 aromatic rings. The van der Waals surface area contributed by atoms with Crippen LogP contribution in [0.1, 0.15) is 46.0 Å². The SMILES string of the molecule is CCCCCNC(=O)C1N([C@@H](CC)CO)C(=O)[C@@H]2[C@@H](C(=O)NC)[C@@H]3OC12CC3Br. The van der Waals surface area contributed by atoms with E-state index in [9.17, 15) is 19.5 Å². The molecule has 3 rings (SSSR count). The molecule has 9 heteroatoms. The first-order valence-corrected chi connectivity index (χ1v) is 11.5.